The highest BCUT2D eigenvalue weighted by Gasteiger charge is 2.19. The van der Waals surface area contributed by atoms with Crippen molar-refractivity contribution < 1.29 is 14.0 Å². The number of nitrogens with one attached hydrogen (secondary N) is 1. The van der Waals surface area contributed by atoms with Gasteiger partial charge >= 0.3 is 0 Å². The van der Waals surface area contributed by atoms with E-state index in [-0.39, 0.29) is 18.3 Å². The van der Waals surface area contributed by atoms with E-state index in [0.717, 1.165) is 34.6 Å². The molecule has 0 bridgehead atoms. The van der Waals surface area contributed by atoms with Gasteiger partial charge < -0.3 is 14.8 Å². The topological polar surface area (TPSA) is 69.3 Å². The number of carbonyl (C=O) groups is 2. The molecule has 1 aromatic carbocycles. The van der Waals surface area contributed by atoms with Gasteiger partial charge in [0.1, 0.15) is 11.6 Å². The molecular weight excluding hydrogens is 391 g/mol. The fourth-order valence-electron chi connectivity index (χ4n) is 3.31. The molecule has 1 aliphatic rings. The number of nitrogens with zero attached hydrogens (tertiary/aromatic N) is 3. The second kappa shape index (κ2) is 8.82. The number of halogens is 1. The highest BCUT2D eigenvalue weighted by molar-refractivity contribution is 8.15. The fraction of sp³-hybridized carbons (Fsp3) is 0.381. The minimum atomic E-state index is -0.297. The standard InChI is InChI=1S/C21H25FN4O2S/c1-13-5-6-19(29-12-27)18(7-13)25(3)11-21(28)26(4)10-20-23-16-8-14(2)15(22)9-17(16)24-20/h7-9,12H,5-6,10-11H2,1-4H3,(H,23,24). The molecule has 1 N–H and O–H groups in total. The second-order valence-corrected chi connectivity index (χ2v) is 8.34. The molecule has 1 aromatic heterocycles. The van der Waals surface area contributed by atoms with Gasteiger partial charge in [-0.15, -0.1) is 0 Å². The Morgan fingerprint density at radius 2 is 2.07 bits per heavy atom. The summed E-state index contributed by atoms with van der Waals surface area (Å²) in [7, 11) is 3.57. The molecule has 0 spiro atoms. The fourth-order valence-corrected chi connectivity index (χ4v) is 3.99. The quantitative estimate of drug-likeness (QED) is 0.696. The summed E-state index contributed by atoms with van der Waals surface area (Å²) in [6, 6.07) is 3.12. The SMILES string of the molecule is CC1=CC(N(C)CC(=O)N(C)Cc2nc3cc(F)c(C)cc3[nH]2)=C(SC=O)CC1. The van der Waals surface area contributed by atoms with Crippen molar-refractivity contribution in [3.63, 3.8) is 0 Å². The lowest BCUT2D eigenvalue weighted by Crippen LogP contribution is -2.36. The highest BCUT2D eigenvalue weighted by atomic mass is 32.2. The number of benzene rings is 1. The molecular formula is C21H25FN4O2S. The molecule has 0 fully saturated rings. The molecule has 29 heavy (non-hydrogen) atoms. The number of amides is 1. The van der Waals surface area contributed by atoms with Crippen LogP contribution in [-0.2, 0) is 16.1 Å². The Morgan fingerprint density at radius 1 is 1.31 bits per heavy atom. The summed E-state index contributed by atoms with van der Waals surface area (Å²) in [6.45, 7) is 4.24. The van der Waals surface area contributed by atoms with Crippen molar-refractivity contribution in [3.05, 3.63) is 51.6 Å². The minimum Gasteiger partial charge on any atom is -0.365 e. The van der Waals surface area contributed by atoms with Crippen LogP contribution < -0.4 is 0 Å². The maximum Gasteiger partial charge on any atom is 0.242 e. The summed E-state index contributed by atoms with van der Waals surface area (Å²) in [5.74, 6) is 0.234. The van der Waals surface area contributed by atoms with Gasteiger partial charge in [-0.05, 0) is 44.4 Å². The summed E-state index contributed by atoms with van der Waals surface area (Å²) in [5.41, 5.74) is 4.82. The van der Waals surface area contributed by atoms with Crippen molar-refractivity contribution in [2.45, 2.75) is 33.2 Å². The van der Waals surface area contributed by atoms with Gasteiger partial charge in [-0.1, -0.05) is 17.3 Å². The van der Waals surface area contributed by atoms with Gasteiger partial charge in [-0.25, -0.2) is 9.37 Å². The molecule has 0 unspecified atom stereocenters. The first kappa shape index (κ1) is 21.1. The van der Waals surface area contributed by atoms with E-state index < -0.39 is 0 Å². The van der Waals surface area contributed by atoms with E-state index in [0.29, 0.717) is 23.4 Å². The number of aromatic amines is 1. The first-order valence-corrected chi connectivity index (χ1v) is 10.3. The maximum absolute atomic E-state index is 13.7. The van der Waals surface area contributed by atoms with Crippen LogP contribution in [0.15, 0.2) is 34.4 Å². The normalized spacial score (nSPS) is 14.2. The van der Waals surface area contributed by atoms with Gasteiger partial charge in [0.05, 0.1) is 24.1 Å². The van der Waals surface area contributed by atoms with E-state index >= 15 is 0 Å². The number of aryl methyl sites for hydroxylation is 1. The molecule has 1 amide bonds. The van der Waals surface area contributed by atoms with Crippen molar-refractivity contribution in [1.29, 1.82) is 0 Å². The first-order valence-electron chi connectivity index (χ1n) is 9.39. The van der Waals surface area contributed by atoms with Gasteiger partial charge in [-0.3, -0.25) is 9.59 Å². The Bertz CT molecular complexity index is 973. The predicted octanol–water partition coefficient (Wildman–Crippen LogP) is 3.78. The van der Waals surface area contributed by atoms with Gasteiger partial charge in [0, 0.05) is 30.8 Å². The van der Waals surface area contributed by atoms with Crippen molar-refractivity contribution >= 4 is 34.3 Å². The molecule has 0 radical (unpaired) electrons. The molecule has 0 atom stereocenters. The molecule has 1 aliphatic carbocycles. The number of aromatic nitrogens is 2. The Hall–Kier alpha value is -2.61. The van der Waals surface area contributed by atoms with Crippen LogP contribution in [0.2, 0.25) is 0 Å². The molecule has 2 aromatic rings. The molecule has 6 nitrogen and oxygen atoms in total. The van der Waals surface area contributed by atoms with Crippen LogP contribution in [0.3, 0.4) is 0 Å². The Morgan fingerprint density at radius 3 is 2.79 bits per heavy atom. The van der Waals surface area contributed by atoms with Gasteiger partial charge in [0.15, 0.2) is 5.62 Å². The van der Waals surface area contributed by atoms with Crippen LogP contribution in [0, 0.1) is 12.7 Å². The zero-order valence-corrected chi connectivity index (χ0v) is 17.9. The number of hydrogen-bond acceptors (Lipinski definition) is 5. The maximum atomic E-state index is 13.7. The van der Waals surface area contributed by atoms with Crippen LogP contribution in [-0.4, -0.2) is 51.9 Å². The number of carbonyl (C=O) groups excluding carboxylic acids is 2. The second-order valence-electron chi connectivity index (χ2n) is 7.42. The van der Waals surface area contributed by atoms with Crippen molar-refractivity contribution in [1.82, 2.24) is 19.8 Å². The Balaban J connectivity index is 1.69. The lowest BCUT2D eigenvalue weighted by Gasteiger charge is -2.27. The van der Waals surface area contributed by atoms with Crippen molar-refractivity contribution in [3.8, 4) is 0 Å². The highest BCUT2D eigenvalue weighted by Crippen LogP contribution is 2.32. The number of imidazole rings is 1. The van der Waals surface area contributed by atoms with Crippen LogP contribution in [0.5, 0.6) is 0 Å². The van der Waals surface area contributed by atoms with E-state index in [9.17, 15) is 14.0 Å². The number of hydrogen-bond donors (Lipinski definition) is 1. The number of allylic oxidation sites excluding steroid dienone is 3. The minimum absolute atomic E-state index is 0.0742. The Labute approximate surface area is 173 Å². The average Bonchev–Trinajstić information content (AvgIpc) is 3.04. The van der Waals surface area contributed by atoms with Crippen molar-refractivity contribution in [2.24, 2.45) is 0 Å². The average molecular weight is 417 g/mol. The summed E-state index contributed by atoms with van der Waals surface area (Å²) < 4.78 is 13.7. The van der Waals surface area contributed by atoms with E-state index in [4.69, 9.17) is 0 Å². The van der Waals surface area contributed by atoms with Crippen LogP contribution >= 0.6 is 11.8 Å². The third kappa shape index (κ3) is 4.87. The number of fused-ring (bicyclic) bond motifs is 1. The lowest BCUT2D eigenvalue weighted by molar-refractivity contribution is -0.131. The third-order valence-electron chi connectivity index (χ3n) is 5.01. The lowest BCUT2D eigenvalue weighted by atomic mass is 10.0. The monoisotopic (exact) mass is 416 g/mol. The molecule has 0 saturated carbocycles. The largest absolute Gasteiger partial charge is 0.365 e. The molecule has 0 saturated heterocycles. The predicted molar refractivity (Wildman–Crippen MR) is 114 cm³/mol. The zero-order chi connectivity index (χ0) is 21.1. The van der Waals surface area contributed by atoms with Gasteiger partial charge in [0.2, 0.25) is 5.91 Å². The summed E-state index contributed by atoms with van der Waals surface area (Å²) in [6.07, 6.45) is 3.77. The van der Waals surface area contributed by atoms with E-state index in [2.05, 4.69) is 16.9 Å². The third-order valence-corrected chi connectivity index (χ3v) is 5.81. The number of thioether (sulfide) groups is 1. The van der Waals surface area contributed by atoms with Crippen LogP contribution in [0.1, 0.15) is 31.2 Å². The van der Waals surface area contributed by atoms with Crippen LogP contribution in [0.4, 0.5) is 4.39 Å². The Kier molecular flexibility index (Phi) is 6.42. The molecule has 1 heterocycles. The molecule has 8 heteroatoms. The number of likely N-dealkylation sites (N-methyl/N-ethyl adjacent to an activating group) is 2. The number of rotatable bonds is 7. The summed E-state index contributed by atoms with van der Waals surface area (Å²) in [5, 5.41) is 0. The van der Waals surface area contributed by atoms with Gasteiger partial charge in [-0.2, -0.15) is 0 Å². The molecule has 3 rings (SSSR count). The number of H-pyrrole nitrogens is 1. The summed E-state index contributed by atoms with van der Waals surface area (Å²) in [4.78, 5) is 35.7. The van der Waals surface area contributed by atoms with Crippen molar-refractivity contribution in [2.75, 3.05) is 20.6 Å². The zero-order valence-electron chi connectivity index (χ0n) is 17.1. The molecule has 154 valence electrons. The van der Waals surface area contributed by atoms with E-state index in [1.165, 1.54) is 23.4 Å². The van der Waals surface area contributed by atoms with E-state index in [1.54, 1.807) is 24.9 Å². The van der Waals surface area contributed by atoms with Crippen LogP contribution in [0.25, 0.3) is 11.0 Å². The van der Waals surface area contributed by atoms with E-state index in [1.807, 2.05) is 18.0 Å². The van der Waals surface area contributed by atoms with Gasteiger partial charge in [0.25, 0.3) is 0 Å². The first-order chi connectivity index (χ1) is 13.8. The summed E-state index contributed by atoms with van der Waals surface area (Å²) >= 11 is 1.18. The molecule has 0 aliphatic heterocycles. The smallest absolute Gasteiger partial charge is 0.242 e.